The Morgan fingerprint density at radius 3 is 2.45 bits per heavy atom. The van der Waals surface area contributed by atoms with Crippen molar-refractivity contribution in [3.05, 3.63) is 42.7 Å². The fraction of sp³-hybridized carbons (Fsp3) is 0.364. The molecule has 4 rings (SSSR count). The maximum absolute atomic E-state index is 11.6. The van der Waals surface area contributed by atoms with Crippen molar-refractivity contribution in [2.45, 2.75) is 0 Å². The van der Waals surface area contributed by atoms with Crippen molar-refractivity contribution in [3.8, 4) is 17.0 Å². The van der Waals surface area contributed by atoms with E-state index in [2.05, 4.69) is 25.6 Å². The minimum atomic E-state index is -0.0856. The molecular weight excluding hydrogens is 396 g/mol. The van der Waals surface area contributed by atoms with Gasteiger partial charge in [-0.3, -0.25) is 9.78 Å². The number of morpholine rings is 1. The van der Waals surface area contributed by atoms with Crippen LogP contribution in [0.2, 0.25) is 0 Å². The summed E-state index contributed by atoms with van der Waals surface area (Å²) in [5.74, 6) is 1.23. The first-order valence-electron chi connectivity index (χ1n) is 10.1. The zero-order valence-corrected chi connectivity index (χ0v) is 18.1. The Balaban J connectivity index is 0.000000391. The number of nitrogens with zero attached hydrogens (tertiary/aromatic N) is 4. The van der Waals surface area contributed by atoms with Crippen LogP contribution in [0.4, 0.5) is 5.82 Å². The average Bonchev–Trinajstić information content (AvgIpc) is 2.83. The first-order valence-corrected chi connectivity index (χ1v) is 10.1. The summed E-state index contributed by atoms with van der Waals surface area (Å²) in [6, 6.07) is 9.34. The van der Waals surface area contributed by atoms with Gasteiger partial charge in [-0.1, -0.05) is 0 Å². The van der Waals surface area contributed by atoms with Crippen molar-refractivity contribution in [2.75, 3.05) is 59.4 Å². The SMILES string of the molecule is C1COCCN1.CNc1nc(-c2ccc(OCC(=O)N(C)C)cc2)cc2nccnc12. The lowest BCUT2D eigenvalue weighted by molar-refractivity contribution is -0.130. The normalized spacial score (nSPS) is 13.1. The van der Waals surface area contributed by atoms with Crippen molar-refractivity contribution in [1.29, 1.82) is 0 Å². The number of carbonyl (C=O) groups excluding carboxylic acids is 1. The summed E-state index contributed by atoms with van der Waals surface area (Å²) in [6.45, 7) is 3.85. The maximum Gasteiger partial charge on any atom is 0.259 e. The summed E-state index contributed by atoms with van der Waals surface area (Å²) in [7, 11) is 5.20. The molecule has 1 aliphatic heterocycles. The largest absolute Gasteiger partial charge is 0.484 e. The Morgan fingerprint density at radius 2 is 1.87 bits per heavy atom. The van der Waals surface area contributed by atoms with E-state index in [9.17, 15) is 4.79 Å². The minimum absolute atomic E-state index is 0.0140. The van der Waals surface area contributed by atoms with Crippen LogP contribution < -0.4 is 15.4 Å². The molecule has 1 aliphatic rings. The van der Waals surface area contributed by atoms with Gasteiger partial charge in [-0.25, -0.2) is 9.97 Å². The summed E-state index contributed by atoms with van der Waals surface area (Å²) in [5, 5.41) is 6.21. The number of rotatable bonds is 5. The molecule has 0 radical (unpaired) electrons. The zero-order valence-electron chi connectivity index (χ0n) is 18.1. The third-order valence-corrected chi connectivity index (χ3v) is 4.55. The van der Waals surface area contributed by atoms with Crippen LogP contribution >= 0.6 is 0 Å². The number of likely N-dealkylation sites (N-methyl/N-ethyl adjacent to an activating group) is 1. The minimum Gasteiger partial charge on any atom is -0.484 e. The molecule has 1 amide bonds. The van der Waals surface area contributed by atoms with Gasteiger partial charge >= 0.3 is 0 Å². The summed E-state index contributed by atoms with van der Waals surface area (Å²) >= 11 is 0. The number of hydrogen-bond donors (Lipinski definition) is 2. The Bertz CT molecular complexity index is 979. The van der Waals surface area contributed by atoms with Crippen LogP contribution in [-0.2, 0) is 9.53 Å². The number of pyridine rings is 1. The van der Waals surface area contributed by atoms with Gasteiger partial charge in [0.2, 0.25) is 0 Å². The van der Waals surface area contributed by atoms with E-state index in [4.69, 9.17) is 9.47 Å². The highest BCUT2D eigenvalue weighted by Gasteiger charge is 2.09. The lowest BCUT2D eigenvalue weighted by Crippen LogP contribution is -2.30. The molecule has 2 N–H and O–H groups in total. The molecule has 0 spiro atoms. The van der Waals surface area contributed by atoms with Crippen LogP contribution in [-0.4, -0.2) is 79.8 Å². The molecule has 3 heterocycles. The third kappa shape index (κ3) is 6.34. The van der Waals surface area contributed by atoms with Gasteiger partial charge in [-0.05, 0) is 30.3 Å². The van der Waals surface area contributed by atoms with Crippen molar-refractivity contribution in [3.63, 3.8) is 0 Å². The highest BCUT2D eigenvalue weighted by molar-refractivity contribution is 5.88. The number of nitrogens with one attached hydrogen (secondary N) is 2. The van der Waals surface area contributed by atoms with Crippen molar-refractivity contribution in [1.82, 2.24) is 25.2 Å². The van der Waals surface area contributed by atoms with Gasteiger partial charge < -0.3 is 25.0 Å². The quantitative estimate of drug-likeness (QED) is 0.640. The average molecular weight is 425 g/mol. The van der Waals surface area contributed by atoms with Crippen LogP contribution in [0.5, 0.6) is 5.75 Å². The second-order valence-corrected chi connectivity index (χ2v) is 6.99. The Labute approximate surface area is 181 Å². The van der Waals surface area contributed by atoms with E-state index in [0.29, 0.717) is 11.6 Å². The lowest BCUT2D eigenvalue weighted by Gasteiger charge is -2.12. The summed E-state index contributed by atoms with van der Waals surface area (Å²) in [6.07, 6.45) is 3.30. The topological polar surface area (TPSA) is 101 Å². The van der Waals surface area contributed by atoms with Crippen molar-refractivity contribution < 1.29 is 14.3 Å². The number of carbonyl (C=O) groups is 1. The smallest absolute Gasteiger partial charge is 0.259 e. The molecule has 1 aromatic carbocycles. The second-order valence-electron chi connectivity index (χ2n) is 6.99. The van der Waals surface area contributed by atoms with Gasteiger partial charge in [-0.2, -0.15) is 0 Å². The molecule has 1 fully saturated rings. The molecule has 31 heavy (non-hydrogen) atoms. The third-order valence-electron chi connectivity index (χ3n) is 4.55. The van der Waals surface area contributed by atoms with Gasteiger partial charge in [0, 0.05) is 52.2 Å². The summed E-state index contributed by atoms with van der Waals surface area (Å²) < 4.78 is 10.5. The Hall–Kier alpha value is -3.30. The number of fused-ring (bicyclic) bond motifs is 1. The number of ether oxygens (including phenoxy) is 2. The monoisotopic (exact) mass is 424 g/mol. The van der Waals surface area contributed by atoms with Gasteiger partial charge in [0.1, 0.15) is 11.3 Å². The van der Waals surface area contributed by atoms with Crippen LogP contribution in [0.1, 0.15) is 0 Å². The van der Waals surface area contributed by atoms with E-state index >= 15 is 0 Å². The zero-order chi connectivity index (χ0) is 22.1. The summed E-state index contributed by atoms with van der Waals surface area (Å²) in [4.78, 5) is 26.3. The number of aromatic nitrogens is 3. The van der Waals surface area contributed by atoms with Gasteiger partial charge in [0.15, 0.2) is 12.4 Å². The Kier molecular flexibility index (Phi) is 8.08. The molecule has 0 unspecified atom stereocenters. The summed E-state index contributed by atoms with van der Waals surface area (Å²) in [5.41, 5.74) is 3.22. The fourth-order valence-electron chi connectivity index (χ4n) is 2.81. The molecule has 3 aromatic rings. The predicted molar refractivity (Wildman–Crippen MR) is 120 cm³/mol. The molecule has 164 valence electrons. The molecule has 2 aromatic heterocycles. The molecule has 0 saturated carbocycles. The molecule has 9 nitrogen and oxygen atoms in total. The first-order chi connectivity index (χ1) is 15.1. The van der Waals surface area contributed by atoms with Crippen LogP contribution in [0, 0.1) is 0 Å². The van der Waals surface area contributed by atoms with Crippen LogP contribution in [0.3, 0.4) is 0 Å². The van der Waals surface area contributed by atoms with E-state index in [1.54, 1.807) is 33.5 Å². The second kappa shape index (κ2) is 11.2. The molecule has 1 saturated heterocycles. The molecule has 0 bridgehead atoms. The standard InChI is InChI=1S/C18H19N5O2.C4H9NO/c1-19-18-17-15(20-8-9-21-17)10-14(22-18)12-4-6-13(7-5-12)25-11-16(24)23(2)3;1-3-6-4-2-5-1/h4-10H,11H2,1-3H3,(H,19,22);5H,1-4H2. The molecule has 0 aliphatic carbocycles. The predicted octanol–water partition coefficient (Wildman–Crippen LogP) is 1.81. The van der Waals surface area contributed by atoms with Gasteiger partial charge in [0.25, 0.3) is 5.91 Å². The van der Waals surface area contributed by atoms with Gasteiger partial charge in [0.05, 0.1) is 24.4 Å². The first kappa shape index (κ1) is 22.4. The number of benzene rings is 1. The van der Waals surface area contributed by atoms with E-state index in [0.717, 1.165) is 48.6 Å². The number of hydrogen-bond acceptors (Lipinski definition) is 8. The van der Waals surface area contributed by atoms with E-state index in [1.807, 2.05) is 30.3 Å². The highest BCUT2D eigenvalue weighted by Crippen LogP contribution is 2.26. The van der Waals surface area contributed by atoms with Crippen LogP contribution in [0.15, 0.2) is 42.7 Å². The van der Waals surface area contributed by atoms with Crippen molar-refractivity contribution in [2.24, 2.45) is 0 Å². The van der Waals surface area contributed by atoms with E-state index in [1.165, 1.54) is 4.90 Å². The fourth-order valence-corrected chi connectivity index (χ4v) is 2.81. The van der Waals surface area contributed by atoms with E-state index < -0.39 is 0 Å². The maximum atomic E-state index is 11.6. The lowest BCUT2D eigenvalue weighted by atomic mass is 10.1. The molecule has 0 atom stereocenters. The van der Waals surface area contributed by atoms with Crippen LogP contribution in [0.25, 0.3) is 22.3 Å². The van der Waals surface area contributed by atoms with Crippen molar-refractivity contribution >= 4 is 22.8 Å². The van der Waals surface area contributed by atoms with E-state index in [-0.39, 0.29) is 12.5 Å². The number of anilines is 1. The Morgan fingerprint density at radius 1 is 1.16 bits per heavy atom. The number of amides is 1. The van der Waals surface area contributed by atoms with Gasteiger partial charge in [-0.15, -0.1) is 0 Å². The molecule has 9 heteroatoms. The molecular formula is C22H28N6O3. The highest BCUT2D eigenvalue weighted by atomic mass is 16.5.